The summed E-state index contributed by atoms with van der Waals surface area (Å²) >= 11 is 0. The van der Waals surface area contributed by atoms with E-state index in [1.165, 1.54) is 5.56 Å². The molecule has 0 aromatic heterocycles. The van der Waals surface area contributed by atoms with E-state index in [-0.39, 0.29) is 12.8 Å². The van der Waals surface area contributed by atoms with Gasteiger partial charge in [-0.25, -0.2) is 0 Å². The highest BCUT2D eigenvalue weighted by Gasteiger charge is 2.40. The third-order valence-electron chi connectivity index (χ3n) is 5.02. The van der Waals surface area contributed by atoms with Gasteiger partial charge < -0.3 is 24.6 Å². The van der Waals surface area contributed by atoms with Crippen molar-refractivity contribution >= 4 is 0 Å². The summed E-state index contributed by atoms with van der Waals surface area (Å²) in [5.74, 6) is 2.33. The SMILES string of the molecule is COc1ccc2c(c1)[C@@H](O)[C@H]1NCCc3cc4c(c-2c31)OCO4. The zero-order valence-corrected chi connectivity index (χ0v) is 12.8. The molecule has 2 aliphatic heterocycles. The lowest BCUT2D eigenvalue weighted by Gasteiger charge is -2.38. The first-order chi connectivity index (χ1) is 11.3. The summed E-state index contributed by atoms with van der Waals surface area (Å²) < 4.78 is 16.7. The molecule has 2 aromatic carbocycles. The molecule has 0 unspecified atom stereocenters. The second-order valence-electron chi connectivity index (χ2n) is 6.14. The van der Waals surface area contributed by atoms with Crippen LogP contribution in [0.2, 0.25) is 0 Å². The van der Waals surface area contributed by atoms with Crippen molar-refractivity contribution in [1.82, 2.24) is 5.32 Å². The van der Waals surface area contributed by atoms with Crippen LogP contribution in [-0.2, 0) is 6.42 Å². The monoisotopic (exact) mass is 311 g/mol. The van der Waals surface area contributed by atoms with Crippen molar-refractivity contribution < 1.29 is 19.3 Å². The van der Waals surface area contributed by atoms with E-state index in [2.05, 4.69) is 11.4 Å². The molecule has 0 radical (unpaired) electrons. The van der Waals surface area contributed by atoms with Crippen LogP contribution in [0.3, 0.4) is 0 Å². The number of aliphatic hydroxyl groups is 1. The maximum absolute atomic E-state index is 10.9. The van der Waals surface area contributed by atoms with Crippen LogP contribution < -0.4 is 19.5 Å². The van der Waals surface area contributed by atoms with Gasteiger partial charge in [0.1, 0.15) is 5.75 Å². The molecular formula is C18H17NO4. The van der Waals surface area contributed by atoms with Crippen LogP contribution in [0.15, 0.2) is 24.3 Å². The van der Waals surface area contributed by atoms with Gasteiger partial charge in [-0.15, -0.1) is 0 Å². The molecule has 0 saturated carbocycles. The van der Waals surface area contributed by atoms with E-state index in [1.807, 2.05) is 18.2 Å². The third kappa shape index (κ3) is 1.69. The molecule has 118 valence electrons. The smallest absolute Gasteiger partial charge is 0.231 e. The Bertz CT molecular complexity index is 817. The molecule has 5 rings (SSSR count). The van der Waals surface area contributed by atoms with Crippen molar-refractivity contribution in [1.29, 1.82) is 0 Å². The van der Waals surface area contributed by atoms with Crippen molar-refractivity contribution in [3.63, 3.8) is 0 Å². The maximum atomic E-state index is 10.9. The Balaban J connectivity index is 1.86. The molecule has 2 aromatic rings. The minimum Gasteiger partial charge on any atom is -0.497 e. The minimum atomic E-state index is -0.605. The highest BCUT2D eigenvalue weighted by atomic mass is 16.7. The van der Waals surface area contributed by atoms with E-state index in [1.54, 1.807) is 7.11 Å². The van der Waals surface area contributed by atoms with Crippen LogP contribution in [0.4, 0.5) is 0 Å². The fraction of sp³-hybridized carbons (Fsp3) is 0.333. The van der Waals surface area contributed by atoms with Gasteiger partial charge in [-0.3, -0.25) is 0 Å². The van der Waals surface area contributed by atoms with E-state index in [9.17, 15) is 5.11 Å². The van der Waals surface area contributed by atoms with Crippen LogP contribution in [0, 0.1) is 0 Å². The standard InChI is InChI=1S/C18H17NO4/c1-21-10-2-3-11-12(7-10)17(20)16-14-9(4-5-19-16)6-13-18(15(11)14)23-8-22-13/h2-3,6-7,16-17,19-20H,4-5,8H2,1H3/t16-,17+/m0/s1. The van der Waals surface area contributed by atoms with Gasteiger partial charge in [-0.1, -0.05) is 6.07 Å². The molecule has 1 aliphatic carbocycles. The van der Waals surface area contributed by atoms with E-state index in [0.29, 0.717) is 0 Å². The van der Waals surface area contributed by atoms with Crippen LogP contribution in [0.5, 0.6) is 17.2 Å². The van der Waals surface area contributed by atoms with Crippen molar-refractivity contribution in [2.75, 3.05) is 20.4 Å². The second-order valence-corrected chi connectivity index (χ2v) is 6.14. The molecule has 0 amide bonds. The van der Waals surface area contributed by atoms with Gasteiger partial charge in [0, 0.05) is 5.56 Å². The number of nitrogens with one attached hydrogen (secondary N) is 1. The molecule has 3 aliphatic rings. The Kier molecular flexibility index (Phi) is 2.66. The third-order valence-corrected chi connectivity index (χ3v) is 5.02. The first-order valence-corrected chi connectivity index (χ1v) is 7.83. The number of ether oxygens (including phenoxy) is 3. The predicted octanol–water partition coefficient (Wildman–Crippen LogP) is 2.32. The average molecular weight is 311 g/mol. The molecule has 23 heavy (non-hydrogen) atoms. The number of hydrogen-bond donors (Lipinski definition) is 2. The van der Waals surface area contributed by atoms with E-state index >= 15 is 0 Å². The van der Waals surface area contributed by atoms with Crippen molar-refractivity contribution in [3.8, 4) is 28.4 Å². The number of aliphatic hydroxyl groups excluding tert-OH is 1. The van der Waals surface area contributed by atoms with Crippen LogP contribution >= 0.6 is 0 Å². The topological polar surface area (TPSA) is 60.0 Å². The average Bonchev–Trinajstić information content (AvgIpc) is 3.05. The van der Waals surface area contributed by atoms with Gasteiger partial charge in [0.25, 0.3) is 0 Å². The molecule has 0 spiro atoms. The molecular weight excluding hydrogens is 294 g/mol. The van der Waals surface area contributed by atoms with Gasteiger partial charge in [-0.05, 0) is 53.4 Å². The molecule has 5 nitrogen and oxygen atoms in total. The summed E-state index contributed by atoms with van der Waals surface area (Å²) in [4.78, 5) is 0. The summed E-state index contributed by atoms with van der Waals surface area (Å²) in [6, 6.07) is 7.77. The van der Waals surface area contributed by atoms with E-state index in [0.717, 1.165) is 52.5 Å². The number of hydrogen-bond acceptors (Lipinski definition) is 5. The number of methoxy groups -OCH3 is 1. The summed E-state index contributed by atoms with van der Waals surface area (Å²) in [6.07, 6.45) is 0.320. The summed E-state index contributed by atoms with van der Waals surface area (Å²) in [5, 5.41) is 14.4. The van der Waals surface area contributed by atoms with Crippen molar-refractivity contribution in [2.24, 2.45) is 0 Å². The Hall–Kier alpha value is -2.24. The van der Waals surface area contributed by atoms with Crippen LogP contribution in [-0.4, -0.2) is 25.6 Å². The summed E-state index contributed by atoms with van der Waals surface area (Å²) in [7, 11) is 1.64. The maximum Gasteiger partial charge on any atom is 0.231 e. The molecule has 2 N–H and O–H groups in total. The zero-order chi connectivity index (χ0) is 15.6. The first kappa shape index (κ1) is 13.2. The highest BCUT2D eigenvalue weighted by molar-refractivity contribution is 5.84. The van der Waals surface area contributed by atoms with Crippen molar-refractivity contribution in [3.05, 3.63) is 41.0 Å². The lowest BCUT2D eigenvalue weighted by Crippen LogP contribution is -2.36. The van der Waals surface area contributed by atoms with Crippen molar-refractivity contribution in [2.45, 2.75) is 18.6 Å². The van der Waals surface area contributed by atoms with Gasteiger partial charge in [0.05, 0.1) is 19.3 Å². The Labute approximate surface area is 133 Å². The lowest BCUT2D eigenvalue weighted by atomic mass is 9.76. The molecule has 0 fully saturated rings. The molecule has 0 saturated heterocycles. The fourth-order valence-electron chi connectivity index (χ4n) is 3.99. The van der Waals surface area contributed by atoms with Gasteiger partial charge in [0.15, 0.2) is 11.5 Å². The lowest BCUT2D eigenvalue weighted by molar-refractivity contribution is 0.123. The Morgan fingerprint density at radius 1 is 1.26 bits per heavy atom. The normalized spacial score (nSPS) is 23.2. The van der Waals surface area contributed by atoms with E-state index in [4.69, 9.17) is 14.2 Å². The van der Waals surface area contributed by atoms with E-state index < -0.39 is 6.10 Å². The second kappa shape index (κ2) is 4.63. The van der Waals surface area contributed by atoms with Gasteiger partial charge in [-0.2, -0.15) is 0 Å². The predicted molar refractivity (Wildman–Crippen MR) is 84.0 cm³/mol. The largest absolute Gasteiger partial charge is 0.497 e. The highest BCUT2D eigenvalue weighted by Crippen LogP contribution is 2.55. The number of benzene rings is 2. The number of rotatable bonds is 1. The Morgan fingerprint density at radius 2 is 2.17 bits per heavy atom. The molecule has 5 heteroatoms. The quantitative estimate of drug-likeness (QED) is 0.846. The molecule has 2 atom stereocenters. The fourth-order valence-corrected chi connectivity index (χ4v) is 3.99. The molecule has 2 heterocycles. The van der Waals surface area contributed by atoms with Crippen LogP contribution in [0.1, 0.15) is 28.8 Å². The summed E-state index contributed by atoms with van der Waals surface area (Å²) in [5.41, 5.74) is 5.29. The summed E-state index contributed by atoms with van der Waals surface area (Å²) in [6.45, 7) is 1.09. The number of fused-ring (bicyclic) bond motifs is 4. The van der Waals surface area contributed by atoms with Crippen LogP contribution in [0.25, 0.3) is 11.1 Å². The Morgan fingerprint density at radius 3 is 3.04 bits per heavy atom. The van der Waals surface area contributed by atoms with Gasteiger partial charge >= 0.3 is 0 Å². The molecule has 0 bridgehead atoms. The first-order valence-electron chi connectivity index (χ1n) is 7.83. The zero-order valence-electron chi connectivity index (χ0n) is 12.8. The minimum absolute atomic E-state index is 0.122. The van der Waals surface area contributed by atoms with Gasteiger partial charge in [0.2, 0.25) is 6.79 Å².